The summed E-state index contributed by atoms with van der Waals surface area (Å²) in [6.07, 6.45) is 0. The molecule has 1 fully saturated rings. The van der Waals surface area contributed by atoms with Crippen molar-refractivity contribution in [3.63, 3.8) is 0 Å². The van der Waals surface area contributed by atoms with Gasteiger partial charge in [0.1, 0.15) is 5.75 Å². The van der Waals surface area contributed by atoms with Crippen LogP contribution in [0.4, 0.5) is 0 Å². The van der Waals surface area contributed by atoms with Crippen LogP contribution in [-0.2, 0) is 17.9 Å². The van der Waals surface area contributed by atoms with Gasteiger partial charge in [-0.15, -0.1) is 0 Å². The molecule has 1 aliphatic heterocycles. The standard InChI is InChI=1S/C23H23N3O5/c1-30-19-8-4-15(5-9-19)11-24-22(27)20-10-21(31-25-20)17-6-2-16(3-7-17)12-26-13-18(14-26)23(28)29/h2-10,18H,11-14H2,1H3,(H,24,27)(H,28,29). The van der Waals surface area contributed by atoms with Gasteiger partial charge in [0.2, 0.25) is 0 Å². The molecule has 8 nitrogen and oxygen atoms in total. The number of carboxylic acids is 1. The van der Waals surface area contributed by atoms with E-state index in [1.807, 2.05) is 48.5 Å². The molecular weight excluding hydrogens is 398 g/mol. The molecule has 2 heterocycles. The Labute approximate surface area is 179 Å². The van der Waals surface area contributed by atoms with Gasteiger partial charge in [0, 0.05) is 37.8 Å². The van der Waals surface area contributed by atoms with Gasteiger partial charge in [0.05, 0.1) is 13.0 Å². The van der Waals surface area contributed by atoms with Gasteiger partial charge in [-0.1, -0.05) is 41.6 Å². The molecule has 8 heteroatoms. The van der Waals surface area contributed by atoms with Gasteiger partial charge >= 0.3 is 5.97 Å². The quantitative estimate of drug-likeness (QED) is 0.576. The molecule has 0 bridgehead atoms. The first kappa shape index (κ1) is 20.6. The number of amides is 1. The monoisotopic (exact) mass is 421 g/mol. The third-order valence-corrected chi connectivity index (χ3v) is 5.31. The van der Waals surface area contributed by atoms with Crippen LogP contribution >= 0.6 is 0 Å². The number of nitrogens with zero attached hydrogens (tertiary/aromatic N) is 2. The van der Waals surface area contributed by atoms with Crippen molar-refractivity contribution < 1.29 is 24.0 Å². The number of ether oxygens (including phenoxy) is 1. The lowest BCUT2D eigenvalue weighted by molar-refractivity contribution is -0.147. The van der Waals surface area contributed by atoms with E-state index in [9.17, 15) is 9.59 Å². The number of hydrogen-bond donors (Lipinski definition) is 2. The number of carbonyl (C=O) groups is 2. The fourth-order valence-corrected chi connectivity index (χ4v) is 3.42. The number of aliphatic carboxylic acids is 1. The van der Waals surface area contributed by atoms with Gasteiger partial charge in [-0.25, -0.2) is 0 Å². The highest BCUT2D eigenvalue weighted by Crippen LogP contribution is 2.23. The van der Waals surface area contributed by atoms with Crippen molar-refractivity contribution in [1.82, 2.24) is 15.4 Å². The van der Waals surface area contributed by atoms with Crippen molar-refractivity contribution in [2.24, 2.45) is 5.92 Å². The van der Waals surface area contributed by atoms with Crippen LogP contribution in [0, 0.1) is 5.92 Å². The summed E-state index contributed by atoms with van der Waals surface area (Å²) in [6.45, 7) is 2.24. The van der Waals surface area contributed by atoms with Crippen LogP contribution in [0.2, 0.25) is 0 Å². The molecule has 0 atom stereocenters. The molecule has 2 N–H and O–H groups in total. The molecule has 2 aromatic carbocycles. The topological polar surface area (TPSA) is 105 Å². The summed E-state index contributed by atoms with van der Waals surface area (Å²) >= 11 is 0. The van der Waals surface area contributed by atoms with Gasteiger partial charge in [0.25, 0.3) is 5.91 Å². The highest BCUT2D eigenvalue weighted by Gasteiger charge is 2.32. The van der Waals surface area contributed by atoms with E-state index >= 15 is 0 Å². The normalized spacial score (nSPS) is 14.1. The van der Waals surface area contributed by atoms with Crippen molar-refractivity contribution >= 4 is 11.9 Å². The van der Waals surface area contributed by atoms with Crippen LogP contribution in [0.15, 0.2) is 59.1 Å². The molecule has 0 spiro atoms. The van der Waals surface area contributed by atoms with E-state index in [4.69, 9.17) is 14.4 Å². The van der Waals surface area contributed by atoms with Crippen molar-refractivity contribution in [2.75, 3.05) is 20.2 Å². The minimum atomic E-state index is -0.735. The number of aromatic nitrogens is 1. The predicted octanol–water partition coefficient (Wildman–Crippen LogP) is 2.80. The smallest absolute Gasteiger partial charge is 0.309 e. The zero-order chi connectivity index (χ0) is 21.8. The number of rotatable bonds is 8. The summed E-state index contributed by atoms with van der Waals surface area (Å²) in [6, 6.07) is 16.8. The SMILES string of the molecule is COc1ccc(CNC(=O)c2cc(-c3ccc(CN4CC(C(=O)O)C4)cc3)on2)cc1. The van der Waals surface area contributed by atoms with Gasteiger partial charge in [-0.3, -0.25) is 14.5 Å². The average Bonchev–Trinajstić information content (AvgIpc) is 3.25. The molecule has 4 rings (SSSR count). The maximum absolute atomic E-state index is 12.4. The van der Waals surface area contributed by atoms with Crippen molar-refractivity contribution in [3.8, 4) is 17.1 Å². The van der Waals surface area contributed by atoms with Crippen LogP contribution in [-0.4, -0.2) is 47.2 Å². The van der Waals surface area contributed by atoms with Gasteiger partial charge in [-0.2, -0.15) is 0 Å². The largest absolute Gasteiger partial charge is 0.497 e. The summed E-state index contributed by atoms with van der Waals surface area (Å²) in [4.78, 5) is 25.4. The summed E-state index contributed by atoms with van der Waals surface area (Å²) in [5, 5.41) is 15.7. The average molecular weight is 421 g/mol. The number of hydrogen-bond acceptors (Lipinski definition) is 6. The Hall–Kier alpha value is -3.65. The molecule has 1 aliphatic rings. The number of benzene rings is 2. The zero-order valence-electron chi connectivity index (χ0n) is 17.1. The molecule has 31 heavy (non-hydrogen) atoms. The predicted molar refractivity (Wildman–Crippen MR) is 113 cm³/mol. The van der Waals surface area contributed by atoms with Crippen molar-refractivity contribution in [1.29, 1.82) is 0 Å². The van der Waals surface area contributed by atoms with Gasteiger partial charge in [0.15, 0.2) is 11.5 Å². The molecule has 1 aromatic heterocycles. The second-order valence-electron chi connectivity index (χ2n) is 7.53. The van der Waals surface area contributed by atoms with Crippen LogP contribution in [0.5, 0.6) is 5.75 Å². The van der Waals surface area contributed by atoms with Crippen LogP contribution in [0.3, 0.4) is 0 Å². The number of nitrogens with one attached hydrogen (secondary N) is 1. The van der Waals surface area contributed by atoms with Crippen LogP contribution < -0.4 is 10.1 Å². The molecular formula is C23H23N3O5. The Kier molecular flexibility index (Phi) is 5.99. The Balaban J connectivity index is 1.31. The van der Waals surface area contributed by atoms with E-state index < -0.39 is 5.97 Å². The summed E-state index contributed by atoms with van der Waals surface area (Å²) < 4.78 is 10.5. The van der Waals surface area contributed by atoms with Crippen molar-refractivity contribution in [3.05, 3.63) is 71.4 Å². The van der Waals surface area contributed by atoms with E-state index in [2.05, 4.69) is 15.4 Å². The molecule has 0 unspecified atom stereocenters. The van der Waals surface area contributed by atoms with E-state index in [1.165, 1.54) is 0 Å². The second kappa shape index (κ2) is 9.01. The molecule has 0 aliphatic carbocycles. The van der Waals surface area contributed by atoms with E-state index in [0.29, 0.717) is 31.9 Å². The molecule has 160 valence electrons. The summed E-state index contributed by atoms with van der Waals surface area (Å²) in [5.41, 5.74) is 3.07. The van der Waals surface area contributed by atoms with Gasteiger partial charge < -0.3 is 19.7 Å². The lowest BCUT2D eigenvalue weighted by atomic mass is 9.99. The highest BCUT2D eigenvalue weighted by atomic mass is 16.5. The molecule has 3 aromatic rings. The minimum Gasteiger partial charge on any atom is -0.497 e. The molecule has 0 saturated carbocycles. The maximum Gasteiger partial charge on any atom is 0.309 e. The first-order chi connectivity index (χ1) is 15.0. The minimum absolute atomic E-state index is 0.216. The fourth-order valence-electron chi connectivity index (χ4n) is 3.42. The third kappa shape index (κ3) is 4.92. The van der Waals surface area contributed by atoms with Gasteiger partial charge in [-0.05, 0) is 23.3 Å². The number of carbonyl (C=O) groups excluding carboxylic acids is 1. The number of likely N-dealkylation sites (tertiary alicyclic amines) is 1. The third-order valence-electron chi connectivity index (χ3n) is 5.31. The van der Waals surface area contributed by atoms with Crippen molar-refractivity contribution in [2.45, 2.75) is 13.1 Å². The second-order valence-corrected chi connectivity index (χ2v) is 7.53. The van der Waals surface area contributed by atoms with E-state index in [-0.39, 0.29) is 17.5 Å². The lowest BCUT2D eigenvalue weighted by Gasteiger charge is -2.36. The maximum atomic E-state index is 12.4. The first-order valence-electron chi connectivity index (χ1n) is 9.94. The lowest BCUT2D eigenvalue weighted by Crippen LogP contribution is -2.49. The first-order valence-corrected chi connectivity index (χ1v) is 9.94. The Bertz CT molecular complexity index is 1050. The Morgan fingerprint density at radius 2 is 1.81 bits per heavy atom. The zero-order valence-corrected chi connectivity index (χ0v) is 17.1. The molecule has 0 radical (unpaired) electrons. The summed E-state index contributed by atoms with van der Waals surface area (Å²) in [7, 11) is 1.61. The van der Waals surface area contributed by atoms with E-state index in [1.54, 1.807) is 13.2 Å². The van der Waals surface area contributed by atoms with E-state index in [0.717, 1.165) is 22.4 Å². The van der Waals surface area contributed by atoms with Crippen LogP contribution in [0.1, 0.15) is 21.6 Å². The number of methoxy groups -OCH3 is 1. The molecule has 1 amide bonds. The molecule has 1 saturated heterocycles. The number of carboxylic acid groups (broad SMARTS) is 1. The summed E-state index contributed by atoms with van der Waals surface area (Å²) in [5.74, 6) is -0.0377. The van der Waals surface area contributed by atoms with Crippen LogP contribution in [0.25, 0.3) is 11.3 Å². The highest BCUT2D eigenvalue weighted by molar-refractivity contribution is 5.93. The fraction of sp³-hybridized carbons (Fsp3) is 0.261. The Morgan fingerprint density at radius 3 is 2.45 bits per heavy atom. The Morgan fingerprint density at radius 1 is 1.13 bits per heavy atom.